The Morgan fingerprint density at radius 3 is 2.83 bits per heavy atom. The molecule has 1 heterocycles. The fraction of sp³-hybridized carbons (Fsp3) is 0. The minimum atomic E-state index is 0.773. The van der Waals surface area contributed by atoms with Gasteiger partial charge in [0.15, 0.2) is 0 Å². The van der Waals surface area contributed by atoms with Gasteiger partial charge in [0, 0.05) is 6.20 Å². The van der Waals surface area contributed by atoms with Crippen molar-refractivity contribution in [2.75, 3.05) is 5.73 Å². The number of rotatable bonds is 0. The van der Waals surface area contributed by atoms with E-state index in [2.05, 4.69) is 4.37 Å². The van der Waals surface area contributed by atoms with Crippen LogP contribution in [0.1, 0.15) is 0 Å². The van der Waals surface area contributed by atoms with Crippen molar-refractivity contribution in [1.82, 2.24) is 4.37 Å². The monoisotopic (exact) mass is 100 g/mol. The molecule has 0 saturated carbocycles. The second-order valence-corrected chi connectivity index (χ2v) is 1.78. The van der Waals surface area contributed by atoms with E-state index in [1.54, 1.807) is 12.3 Å². The van der Waals surface area contributed by atoms with Crippen LogP contribution < -0.4 is 5.73 Å². The number of nitrogen functional groups attached to an aromatic ring is 1. The van der Waals surface area contributed by atoms with Gasteiger partial charge in [-0.25, -0.2) is 0 Å². The Morgan fingerprint density at radius 2 is 2.67 bits per heavy atom. The lowest BCUT2D eigenvalue weighted by Crippen LogP contribution is -1.72. The molecule has 0 aromatic carbocycles. The minimum Gasteiger partial charge on any atom is -0.389 e. The number of hydrogen-bond acceptors (Lipinski definition) is 3. The van der Waals surface area contributed by atoms with Gasteiger partial charge in [0.1, 0.15) is 5.00 Å². The van der Waals surface area contributed by atoms with Crippen molar-refractivity contribution >= 4 is 16.5 Å². The molecular weight excluding hydrogens is 96.1 g/mol. The van der Waals surface area contributed by atoms with Gasteiger partial charge in [0.05, 0.1) is 0 Å². The summed E-state index contributed by atoms with van der Waals surface area (Å²) in [5.74, 6) is 0. The fourth-order valence-electron chi connectivity index (χ4n) is 0.226. The molecule has 0 spiro atoms. The zero-order valence-electron chi connectivity index (χ0n) is 3.09. The van der Waals surface area contributed by atoms with Crippen LogP contribution in [0.3, 0.4) is 0 Å². The summed E-state index contributed by atoms with van der Waals surface area (Å²) in [5.41, 5.74) is 5.23. The van der Waals surface area contributed by atoms with Crippen molar-refractivity contribution in [3.8, 4) is 0 Å². The third kappa shape index (κ3) is 0.490. The standard InChI is InChI=1S/C3H4N2S/c4-3-1-2-5-6-3/h1-2H,4H2. The quantitative estimate of drug-likeness (QED) is 0.522. The highest BCUT2D eigenvalue weighted by atomic mass is 32.1. The molecule has 0 amide bonds. The van der Waals surface area contributed by atoms with Crippen LogP contribution >= 0.6 is 11.5 Å². The van der Waals surface area contributed by atoms with Gasteiger partial charge in [-0.3, -0.25) is 0 Å². The average molecular weight is 100 g/mol. The number of aromatic nitrogens is 1. The van der Waals surface area contributed by atoms with Crippen LogP contribution in [0.2, 0.25) is 0 Å². The van der Waals surface area contributed by atoms with Crippen LogP contribution in [-0.2, 0) is 0 Å². The highest BCUT2D eigenvalue weighted by molar-refractivity contribution is 7.09. The maximum Gasteiger partial charge on any atom is 0.106 e. The Kier molecular flexibility index (Phi) is 0.759. The normalized spacial score (nSPS) is 8.67. The van der Waals surface area contributed by atoms with E-state index in [1.807, 2.05) is 0 Å². The average Bonchev–Trinajstić information content (AvgIpc) is 1.86. The lowest BCUT2D eigenvalue weighted by molar-refractivity contribution is 1.58. The molecule has 1 aromatic heterocycles. The molecule has 6 heavy (non-hydrogen) atoms. The molecule has 1 rings (SSSR count). The summed E-state index contributed by atoms with van der Waals surface area (Å²) in [6, 6.07) is 1.77. The second kappa shape index (κ2) is 1.26. The SMILES string of the molecule is Nc1ccns1. The lowest BCUT2D eigenvalue weighted by Gasteiger charge is -1.66. The van der Waals surface area contributed by atoms with Crippen LogP contribution in [-0.4, -0.2) is 4.37 Å². The first-order valence-electron chi connectivity index (χ1n) is 1.56. The van der Waals surface area contributed by atoms with Crippen molar-refractivity contribution < 1.29 is 0 Å². The largest absolute Gasteiger partial charge is 0.389 e. The Bertz CT molecular complexity index is 112. The van der Waals surface area contributed by atoms with Gasteiger partial charge in [-0.1, -0.05) is 0 Å². The summed E-state index contributed by atoms with van der Waals surface area (Å²) in [7, 11) is 0. The maximum absolute atomic E-state index is 5.23. The van der Waals surface area contributed by atoms with Gasteiger partial charge in [0.25, 0.3) is 0 Å². The summed E-state index contributed by atoms with van der Waals surface area (Å²) in [6.45, 7) is 0. The van der Waals surface area contributed by atoms with Crippen molar-refractivity contribution in [3.63, 3.8) is 0 Å². The van der Waals surface area contributed by atoms with Gasteiger partial charge in [-0.2, -0.15) is 4.37 Å². The zero-order valence-corrected chi connectivity index (χ0v) is 3.90. The maximum atomic E-state index is 5.23. The van der Waals surface area contributed by atoms with E-state index in [0.29, 0.717) is 0 Å². The van der Waals surface area contributed by atoms with Gasteiger partial charge >= 0.3 is 0 Å². The molecule has 0 aliphatic rings. The molecule has 32 valence electrons. The van der Waals surface area contributed by atoms with Crippen molar-refractivity contribution in [1.29, 1.82) is 0 Å². The first kappa shape index (κ1) is 3.61. The number of anilines is 1. The molecular formula is C3H4N2S. The van der Waals surface area contributed by atoms with E-state index < -0.39 is 0 Å². The van der Waals surface area contributed by atoms with Crippen molar-refractivity contribution in [2.24, 2.45) is 0 Å². The molecule has 0 aliphatic carbocycles. The van der Waals surface area contributed by atoms with Crippen LogP contribution in [0, 0.1) is 0 Å². The predicted octanol–water partition coefficient (Wildman–Crippen LogP) is 0.725. The Morgan fingerprint density at radius 1 is 1.83 bits per heavy atom. The molecule has 1 aromatic rings. The summed E-state index contributed by atoms with van der Waals surface area (Å²) in [4.78, 5) is 0. The molecule has 2 N–H and O–H groups in total. The highest BCUT2D eigenvalue weighted by Crippen LogP contribution is 2.03. The second-order valence-electron chi connectivity index (χ2n) is 0.915. The minimum absolute atomic E-state index is 0.773. The van der Waals surface area contributed by atoms with Crippen molar-refractivity contribution in [2.45, 2.75) is 0 Å². The summed E-state index contributed by atoms with van der Waals surface area (Å²) >= 11 is 1.31. The molecule has 0 saturated heterocycles. The van der Waals surface area contributed by atoms with Gasteiger partial charge in [-0.05, 0) is 17.6 Å². The molecule has 0 bridgehead atoms. The number of nitrogens with two attached hydrogens (primary N) is 1. The molecule has 0 radical (unpaired) electrons. The summed E-state index contributed by atoms with van der Waals surface area (Å²) in [6.07, 6.45) is 1.68. The van der Waals surface area contributed by atoms with E-state index in [4.69, 9.17) is 5.73 Å². The summed E-state index contributed by atoms with van der Waals surface area (Å²) in [5, 5.41) is 0.773. The molecule has 0 fully saturated rings. The zero-order chi connectivity index (χ0) is 4.41. The van der Waals surface area contributed by atoms with Crippen LogP contribution in [0.5, 0.6) is 0 Å². The van der Waals surface area contributed by atoms with E-state index in [9.17, 15) is 0 Å². The number of nitrogens with zero attached hydrogens (tertiary/aromatic N) is 1. The van der Waals surface area contributed by atoms with Gasteiger partial charge in [0.2, 0.25) is 0 Å². The Balaban J connectivity index is 3.05. The van der Waals surface area contributed by atoms with Crippen molar-refractivity contribution in [3.05, 3.63) is 12.3 Å². The van der Waals surface area contributed by atoms with E-state index in [0.717, 1.165) is 5.00 Å². The van der Waals surface area contributed by atoms with Crippen LogP contribution in [0.15, 0.2) is 12.3 Å². The Hall–Kier alpha value is -0.570. The van der Waals surface area contributed by atoms with Crippen LogP contribution in [0.4, 0.5) is 5.00 Å². The van der Waals surface area contributed by atoms with Gasteiger partial charge < -0.3 is 5.73 Å². The molecule has 2 nitrogen and oxygen atoms in total. The van der Waals surface area contributed by atoms with Crippen LogP contribution in [0.25, 0.3) is 0 Å². The fourth-order valence-corrected chi connectivity index (χ4v) is 0.591. The highest BCUT2D eigenvalue weighted by Gasteiger charge is 1.76. The molecule has 0 aliphatic heterocycles. The third-order valence-corrected chi connectivity index (χ3v) is 1.03. The lowest BCUT2D eigenvalue weighted by atomic mass is 10.7. The summed E-state index contributed by atoms with van der Waals surface area (Å²) < 4.78 is 3.74. The number of hydrogen-bond donors (Lipinski definition) is 1. The first-order chi connectivity index (χ1) is 2.89. The van der Waals surface area contributed by atoms with E-state index in [1.165, 1.54) is 11.5 Å². The molecule has 0 atom stereocenters. The van der Waals surface area contributed by atoms with E-state index >= 15 is 0 Å². The first-order valence-corrected chi connectivity index (χ1v) is 2.33. The van der Waals surface area contributed by atoms with Gasteiger partial charge in [-0.15, -0.1) is 0 Å². The predicted molar refractivity (Wildman–Crippen MR) is 26.5 cm³/mol. The third-order valence-electron chi connectivity index (χ3n) is 0.458. The van der Waals surface area contributed by atoms with E-state index in [-0.39, 0.29) is 0 Å². The topological polar surface area (TPSA) is 38.9 Å². The molecule has 3 heteroatoms. The molecule has 0 unspecified atom stereocenters. The Labute approximate surface area is 39.8 Å². The smallest absolute Gasteiger partial charge is 0.106 e.